The molecular formula is C20H22BrClN2O2. The van der Waals surface area contributed by atoms with E-state index in [9.17, 15) is 4.79 Å². The molecule has 0 spiro atoms. The molecule has 26 heavy (non-hydrogen) atoms. The van der Waals surface area contributed by atoms with Gasteiger partial charge in [0.25, 0.3) is 5.91 Å². The van der Waals surface area contributed by atoms with Gasteiger partial charge in [0, 0.05) is 36.2 Å². The van der Waals surface area contributed by atoms with Crippen LogP contribution in [0.2, 0.25) is 5.02 Å². The van der Waals surface area contributed by atoms with Gasteiger partial charge in [0.1, 0.15) is 5.75 Å². The predicted octanol–water partition coefficient (Wildman–Crippen LogP) is 4.85. The second kappa shape index (κ2) is 8.78. The number of anilines is 1. The molecule has 2 aromatic rings. The molecule has 0 radical (unpaired) electrons. The van der Waals surface area contributed by atoms with E-state index in [-0.39, 0.29) is 5.91 Å². The van der Waals surface area contributed by atoms with Gasteiger partial charge in [0.05, 0.1) is 17.3 Å². The van der Waals surface area contributed by atoms with Gasteiger partial charge in [-0.25, -0.2) is 0 Å². The first-order valence-electron chi connectivity index (χ1n) is 8.80. The van der Waals surface area contributed by atoms with Crippen LogP contribution in [0.25, 0.3) is 0 Å². The maximum atomic E-state index is 12.7. The van der Waals surface area contributed by atoms with Crippen molar-refractivity contribution in [3.8, 4) is 5.75 Å². The molecule has 0 bridgehead atoms. The van der Waals surface area contributed by atoms with E-state index in [1.165, 1.54) is 0 Å². The lowest BCUT2D eigenvalue weighted by molar-refractivity contribution is 0.0747. The minimum Gasteiger partial charge on any atom is -0.494 e. The van der Waals surface area contributed by atoms with Gasteiger partial charge in [-0.05, 0) is 48.9 Å². The molecule has 0 N–H and O–H groups in total. The Morgan fingerprint density at radius 2 is 1.81 bits per heavy atom. The number of ether oxygens (including phenoxy) is 1. The smallest absolute Gasteiger partial charge is 0.253 e. The minimum atomic E-state index is 0.0635. The molecule has 1 aliphatic heterocycles. The second-order valence-electron chi connectivity index (χ2n) is 6.25. The number of piperazine rings is 1. The number of hydrogen-bond acceptors (Lipinski definition) is 3. The van der Waals surface area contributed by atoms with Gasteiger partial charge in [-0.3, -0.25) is 4.79 Å². The zero-order valence-corrected chi connectivity index (χ0v) is 17.1. The Balaban J connectivity index is 1.59. The molecule has 6 heteroatoms. The molecule has 4 nitrogen and oxygen atoms in total. The summed E-state index contributed by atoms with van der Waals surface area (Å²) < 4.78 is 6.53. The van der Waals surface area contributed by atoms with Crippen LogP contribution >= 0.6 is 27.5 Å². The number of rotatable bonds is 5. The Bertz CT molecular complexity index is 759. The number of hydrogen-bond donors (Lipinski definition) is 0. The molecule has 0 atom stereocenters. The topological polar surface area (TPSA) is 32.8 Å². The van der Waals surface area contributed by atoms with Gasteiger partial charge in [-0.15, -0.1) is 0 Å². The summed E-state index contributed by atoms with van der Waals surface area (Å²) in [5.41, 5.74) is 1.71. The number of halogens is 2. The van der Waals surface area contributed by atoms with Crippen LogP contribution in [0.15, 0.2) is 46.9 Å². The van der Waals surface area contributed by atoms with E-state index < -0.39 is 0 Å². The molecule has 138 valence electrons. The van der Waals surface area contributed by atoms with Crippen LogP contribution < -0.4 is 9.64 Å². The predicted molar refractivity (Wildman–Crippen MR) is 109 cm³/mol. The highest BCUT2D eigenvalue weighted by molar-refractivity contribution is 9.10. The van der Waals surface area contributed by atoms with Crippen molar-refractivity contribution >= 4 is 39.1 Å². The molecule has 1 heterocycles. The summed E-state index contributed by atoms with van der Waals surface area (Å²) in [6, 6.07) is 13.3. The highest BCUT2D eigenvalue weighted by atomic mass is 79.9. The number of carbonyl (C=O) groups is 1. The average molecular weight is 438 g/mol. The molecule has 1 fully saturated rings. The lowest BCUT2D eigenvalue weighted by Crippen LogP contribution is -2.48. The monoisotopic (exact) mass is 436 g/mol. The SMILES string of the molecule is CCCOc1ccc(C(=O)N2CCN(c3ccc(Br)cc3Cl)CC2)cc1. The molecule has 3 rings (SSSR count). The van der Waals surface area contributed by atoms with Crippen LogP contribution in [-0.2, 0) is 0 Å². The van der Waals surface area contributed by atoms with Crippen LogP contribution in [-0.4, -0.2) is 43.6 Å². The second-order valence-corrected chi connectivity index (χ2v) is 7.57. The highest BCUT2D eigenvalue weighted by Crippen LogP contribution is 2.29. The Labute approximate surface area is 167 Å². The van der Waals surface area contributed by atoms with E-state index in [0.29, 0.717) is 25.3 Å². The van der Waals surface area contributed by atoms with Crippen LogP contribution in [0.1, 0.15) is 23.7 Å². The third-order valence-electron chi connectivity index (χ3n) is 4.39. The zero-order valence-electron chi connectivity index (χ0n) is 14.8. The molecule has 0 aromatic heterocycles. The fourth-order valence-corrected chi connectivity index (χ4v) is 3.78. The van der Waals surface area contributed by atoms with Gasteiger partial charge in [-0.2, -0.15) is 0 Å². The van der Waals surface area contributed by atoms with E-state index in [4.69, 9.17) is 16.3 Å². The van der Waals surface area contributed by atoms with Gasteiger partial charge < -0.3 is 14.5 Å². The standard InChI is InChI=1S/C20H22BrClN2O2/c1-2-13-26-17-6-3-15(4-7-17)20(25)24-11-9-23(10-12-24)19-8-5-16(21)14-18(19)22/h3-8,14H,2,9-13H2,1H3. The van der Waals surface area contributed by atoms with Gasteiger partial charge in [-0.1, -0.05) is 34.5 Å². The molecule has 0 unspecified atom stereocenters. The summed E-state index contributed by atoms with van der Waals surface area (Å²) in [5.74, 6) is 0.867. The minimum absolute atomic E-state index is 0.0635. The third kappa shape index (κ3) is 4.51. The Morgan fingerprint density at radius 1 is 1.12 bits per heavy atom. The van der Waals surface area contributed by atoms with Crippen LogP contribution in [0.3, 0.4) is 0 Å². The number of nitrogens with zero attached hydrogens (tertiary/aromatic N) is 2. The van der Waals surface area contributed by atoms with Gasteiger partial charge >= 0.3 is 0 Å². The van der Waals surface area contributed by atoms with E-state index >= 15 is 0 Å². The van der Waals surface area contributed by atoms with E-state index in [1.54, 1.807) is 0 Å². The van der Waals surface area contributed by atoms with E-state index in [1.807, 2.05) is 47.4 Å². The quantitative estimate of drug-likeness (QED) is 0.670. The van der Waals surface area contributed by atoms with Crippen molar-refractivity contribution in [3.05, 3.63) is 57.5 Å². The summed E-state index contributed by atoms with van der Waals surface area (Å²) in [5, 5.41) is 0.724. The maximum absolute atomic E-state index is 12.7. The van der Waals surface area contributed by atoms with Crippen molar-refractivity contribution in [2.45, 2.75) is 13.3 Å². The Morgan fingerprint density at radius 3 is 2.42 bits per heavy atom. The van der Waals surface area contributed by atoms with Crippen LogP contribution in [0.5, 0.6) is 5.75 Å². The molecule has 1 amide bonds. The summed E-state index contributed by atoms with van der Waals surface area (Å²) in [6.45, 7) is 5.65. The highest BCUT2D eigenvalue weighted by Gasteiger charge is 2.23. The summed E-state index contributed by atoms with van der Waals surface area (Å²) in [4.78, 5) is 16.8. The van der Waals surface area contributed by atoms with Gasteiger partial charge in [0.2, 0.25) is 0 Å². The fourth-order valence-electron chi connectivity index (χ4n) is 2.98. The summed E-state index contributed by atoms with van der Waals surface area (Å²) >= 11 is 9.77. The molecular weight excluding hydrogens is 416 g/mol. The number of carbonyl (C=O) groups excluding carboxylic acids is 1. The Hall–Kier alpha value is -1.72. The Kier molecular flexibility index (Phi) is 6.43. The third-order valence-corrected chi connectivity index (χ3v) is 5.19. The molecule has 2 aromatic carbocycles. The van der Waals surface area contributed by atoms with Gasteiger partial charge in [0.15, 0.2) is 0 Å². The van der Waals surface area contributed by atoms with Crippen molar-refractivity contribution in [2.24, 2.45) is 0 Å². The number of benzene rings is 2. The molecule has 0 aliphatic carbocycles. The van der Waals surface area contributed by atoms with E-state index in [0.717, 1.165) is 40.4 Å². The number of amides is 1. The van der Waals surface area contributed by atoms with Crippen molar-refractivity contribution in [1.82, 2.24) is 4.90 Å². The van der Waals surface area contributed by atoms with Crippen LogP contribution in [0, 0.1) is 0 Å². The lowest BCUT2D eigenvalue weighted by atomic mass is 10.1. The first-order valence-corrected chi connectivity index (χ1v) is 9.97. The molecule has 1 aliphatic rings. The van der Waals surface area contributed by atoms with E-state index in [2.05, 4.69) is 27.8 Å². The average Bonchev–Trinajstić information content (AvgIpc) is 2.66. The van der Waals surface area contributed by atoms with Crippen molar-refractivity contribution < 1.29 is 9.53 Å². The largest absolute Gasteiger partial charge is 0.494 e. The van der Waals surface area contributed by atoms with Crippen molar-refractivity contribution in [1.29, 1.82) is 0 Å². The zero-order chi connectivity index (χ0) is 18.5. The molecule has 0 saturated carbocycles. The summed E-state index contributed by atoms with van der Waals surface area (Å²) in [6.07, 6.45) is 0.966. The van der Waals surface area contributed by atoms with Crippen molar-refractivity contribution in [2.75, 3.05) is 37.7 Å². The summed E-state index contributed by atoms with van der Waals surface area (Å²) in [7, 11) is 0. The molecule has 1 saturated heterocycles. The van der Waals surface area contributed by atoms with Crippen LogP contribution in [0.4, 0.5) is 5.69 Å². The van der Waals surface area contributed by atoms with Crippen molar-refractivity contribution in [3.63, 3.8) is 0 Å². The first kappa shape index (κ1) is 19.1. The lowest BCUT2D eigenvalue weighted by Gasteiger charge is -2.36. The normalized spacial score (nSPS) is 14.4. The maximum Gasteiger partial charge on any atom is 0.253 e. The first-order chi connectivity index (χ1) is 12.6. The fraction of sp³-hybridized carbons (Fsp3) is 0.350.